The molecule has 0 aliphatic carbocycles. The van der Waals surface area contributed by atoms with Crippen molar-refractivity contribution < 1.29 is 4.79 Å². The van der Waals surface area contributed by atoms with Gasteiger partial charge in [0, 0.05) is 16.0 Å². The van der Waals surface area contributed by atoms with Crippen molar-refractivity contribution in [2.75, 3.05) is 11.9 Å². The van der Waals surface area contributed by atoms with Crippen molar-refractivity contribution in [3.8, 4) is 0 Å². The molecular formula is C9H10Br2N4O. The predicted octanol–water partition coefficient (Wildman–Crippen LogP) is 2.25. The predicted molar refractivity (Wildman–Crippen MR) is 70.7 cm³/mol. The van der Waals surface area contributed by atoms with Crippen LogP contribution in [0.3, 0.4) is 0 Å². The molecule has 5 nitrogen and oxygen atoms in total. The molecule has 0 saturated carbocycles. The van der Waals surface area contributed by atoms with Crippen LogP contribution in [0.5, 0.6) is 0 Å². The van der Waals surface area contributed by atoms with Crippen molar-refractivity contribution in [2.24, 2.45) is 5.73 Å². The number of hydrogen-bond donors (Lipinski definition) is 3. The normalized spacial score (nSPS) is 9.69. The SMILES string of the molecule is CN(C(=O)NC(=N)N)c1ccc(Br)cc1Br. The molecule has 0 aromatic heterocycles. The molecule has 0 saturated heterocycles. The average Bonchev–Trinajstić information content (AvgIpc) is 2.15. The average molecular weight is 350 g/mol. The minimum Gasteiger partial charge on any atom is -0.370 e. The maximum absolute atomic E-state index is 11.6. The van der Waals surface area contributed by atoms with Crippen molar-refractivity contribution in [1.29, 1.82) is 5.41 Å². The summed E-state index contributed by atoms with van der Waals surface area (Å²) in [7, 11) is 1.59. The molecule has 4 N–H and O–H groups in total. The molecule has 0 unspecified atom stereocenters. The van der Waals surface area contributed by atoms with Crippen LogP contribution in [0.25, 0.3) is 0 Å². The van der Waals surface area contributed by atoms with Crippen LogP contribution in [0.15, 0.2) is 27.1 Å². The van der Waals surface area contributed by atoms with Crippen LogP contribution in [-0.4, -0.2) is 19.0 Å². The molecule has 0 atom stereocenters. The molecule has 0 heterocycles. The summed E-state index contributed by atoms with van der Waals surface area (Å²) in [5.41, 5.74) is 5.76. The van der Waals surface area contributed by atoms with Crippen LogP contribution in [0.2, 0.25) is 0 Å². The molecule has 0 radical (unpaired) electrons. The monoisotopic (exact) mass is 348 g/mol. The minimum atomic E-state index is -0.462. The molecule has 0 spiro atoms. The Morgan fingerprint density at radius 2 is 2.12 bits per heavy atom. The summed E-state index contributed by atoms with van der Waals surface area (Å²) in [4.78, 5) is 12.9. The highest BCUT2D eigenvalue weighted by Crippen LogP contribution is 2.28. The van der Waals surface area contributed by atoms with Gasteiger partial charge >= 0.3 is 6.03 Å². The van der Waals surface area contributed by atoms with Gasteiger partial charge in [-0.2, -0.15) is 0 Å². The largest absolute Gasteiger partial charge is 0.370 e. The number of guanidine groups is 1. The van der Waals surface area contributed by atoms with Crippen molar-refractivity contribution in [3.05, 3.63) is 27.1 Å². The Labute approximate surface area is 110 Å². The number of halogens is 2. The summed E-state index contributed by atoms with van der Waals surface area (Å²) in [6.07, 6.45) is 0. The summed E-state index contributed by atoms with van der Waals surface area (Å²) in [5.74, 6) is -0.384. The van der Waals surface area contributed by atoms with E-state index in [0.717, 1.165) is 8.95 Å². The topological polar surface area (TPSA) is 82.2 Å². The first-order valence-electron chi connectivity index (χ1n) is 4.25. The molecule has 16 heavy (non-hydrogen) atoms. The highest BCUT2D eigenvalue weighted by molar-refractivity contribution is 9.11. The third-order valence-electron chi connectivity index (χ3n) is 1.82. The second-order valence-corrected chi connectivity index (χ2v) is 4.77. The Bertz CT molecular complexity index is 436. The molecule has 1 aromatic carbocycles. The van der Waals surface area contributed by atoms with Crippen LogP contribution in [0.4, 0.5) is 10.5 Å². The van der Waals surface area contributed by atoms with Gasteiger partial charge in [0.25, 0.3) is 0 Å². The number of nitrogens with one attached hydrogen (secondary N) is 2. The molecule has 7 heteroatoms. The summed E-state index contributed by atoms with van der Waals surface area (Å²) in [6, 6.07) is 4.95. The number of carbonyl (C=O) groups is 1. The number of nitrogens with two attached hydrogens (primary N) is 1. The van der Waals surface area contributed by atoms with Crippen LogP contribution in [0, 0.1) is 5.41 Å². The van der Waals surface area contributed by atoms with Crippen molar-refractivity contribution in [1.82, 2.24) is 5.32 Å². The van der Waals surface area contributed by atoms with E-state index in [2.05, 4.69) is 37.2 Å². The first-order valence-corrected chi connectivity index (χ1v) is 5.84. The van der Waals surface area contributed by atoms with Gasteiger partial charge in [-0.1, -0.05) is 15.9 Å². The fraction of sp³-hybridized carbons (Fsp3) is 0.111. The Hall–Kier alpha value is -1.08. The second-order valence-electron chi connectivity index (χ2n) is 3.00. The number of urea groups is 1. The third kappa shape index (κ3) is 3.21. The van der Waals surface area contributed by atoms with E-state index in [-0.39, 0.29) is 5.96 Å². The molecule has 0 aliphatic heterocycles. The quantitative estimate of drug-likeness (QED) is 0.536. The second kappa shape index (κ2) is 5.31. The first-order chi connectivity index (χ1) is 7.41. The Morgan fingerprint density at radius 3 is 2.62 bits per heavy atom. The minimum absolute atomic E-state index is 0.384. The van der Waals surface area contributed by atoms with Gasteiger partial charge < -0.3 is 5.73 Å². The van der Waals surface area contributed by atoms with E-state index in [4.69, 9.17) is 11.1 Å². The molecule has 0 aliphatic rings. The highest BCUT2D eigenvalue weighted by atomic mass is 79.9. The summed E-state index contributed by atoms with van der Waals surface area (Å²) in [6.45, 7) is 0. The molecule has 1 aromatic rings. The third-order valence-corrected chi connectivity index (χ3v) is 2.95. The lowest BCUT2D eigenvalue weighted by atomic mass is 10.3. The maximum Gasteiger partial charge on any atom is 0.328 e. The van der Waals surface area contributed by atoms with Crippen LogP contribution >= 0.6 is 31.9 Å². The number of benzene rings is 1. The maximum atomic E-state index is 11.6. The van der Waals surface area contributed by atoms with Crippen molar-refractivity contribution >= 4 is 49.5 Å². The van der Waals surface area contributed by atoms with Gasteiger partial charge in [0.15, 0.2) is 5.96 Å². The van der Waals surface area contributed by atoms with Gasteiger partial charge in [0.2, 0.25) is 0 Å². The highest BCUT2D eigenvalue weighted by Gasteiger charge is 2.13. The van der Waals surface area contributed by atoms with E-state index in [1.54, 1.807) is 13.1 Å². The van der Waals surface area contributed by atoms with E-state index >= 15 is 0 Å². The Balaban J connectivity index is 2.91. The fourth-order valence-corrected chi connectivity index (χ4v) is 2.37. The van der Waals surface area contributed by atoms with E-state index < -0.39 is 6.03 Å². The number of hydrogen-bond acceptors (Lipinski definition) is 2. The zero-order valence-corrected chi connectivity index (χ0v) is 11.6. The number of nitrogens with zero attached hydrogens (tertiary/aromatic N) is 1. The fourth-order valence-electron chi connectivity index (χ4n) is 1.06. The van der Waals surface area contributed by atoms with Gasteiger partial charge in [-0.15, -0.1) is 0 Å². The Kier molecular flexibility index (Phi) is 4.31. The van der Waals surface area contributed by atoms with Crippen molar-refractivity contribution in [3.63, 3.8) is 0 Å². The molecule has 2 amide bonds. The van der Waals surface area contributed by atoms with E-state index in [1.807, 2.05) is 12.1 Å². The van der Waals surface area contributed by atoms with Gasteiger partial charge in [-0.05, 0) is 34.1 Å². The van der Waals surface area contributed by atoms with Crippen molar-refractivity contribution in [2.45, 2.75) is 0 Å². The molecule has 86 valence electrons. The number of anilines is 1. The molecule has 1 rings (SSSR count). The van der Waals surface area contributed by atoms with Gasteiger partial charge in [-0.3, -0.25) is 15.6 Å². The summed E-state index contributed by atoms with van der Waals surface area (Å²) in [5, 5.41) is 9.17. The van der Waals surface area contributed by atoms with E-state index in [0.29, 0.717) is 5.69 Å². The first kappa shape index (κ1) is 13.0. The number of carbonyl (C=O) groups excluding carboxylic acids is 1. The molecular weight excluding hydrogens is 340 g/mol. The van der Waals surface area contributed by atoms with Crippen LogP contribution < -0.4 is 16.0 Å². The lowest BCUT2D eigenvalue weighted by Gasteiger charge is -2.18. The number of rotatable bonds is 1. The van der Waals surface area contributed by atoms with Gasteiger partial charge in [-0.25, -0.2) is 4.79 Å². The lowest BCUT2D eigenvalue weighted by Crippen LogP contribution is -2.43. The van der Waals surface area contributed by atoms with Gasteiger partial charge in [0.1, 0.15) is 0 Å². The van der Waals surface area contributed by atoms with Gasteiger partial charge in [0.05, 0.1) is 5.69 Å². The Morgan fingerprint density at radius 1 is 1.50 bits per heavy atom. The summed E-state index contributed by atoms with van der Waals surface area (Å²) >= 11 is 6.67. The smallest absolute Gasteiger partial charge is 0.328 e. The number of amides is 2. The molecule has 0 bridgehead atoms. The van der Waals surface area contributed by atoms with E-state index in [9.17, 15) is 4.79 Å². The lowest BCUT2D eigenvalue weighted by molar-refractivity contribution is 0.251. The summed E-state index contributed by atoms with van der Waals surface area (Å²) < 4.78 is 1.67. The van der Waals surface area contributed by atoms with Crippen LogP contribution in [-0.2, 0) is 0 Å². The zero-order chi connectivity index (χ0) is 12.3. The standard InChI is InChI=1S/C9H10Br2N4O/c1-15(9(16)14-8(12)13)7-3-2-5(10)4-6(7)11/h2-4H,1H3,(H4,12,13,14,16). The van der Waals surface area contributed by atoms with E-state index in [1.165, 1.54) is 4.90 Å². The van der Waals surface area contributed by atoms with Crippen LogP contribution in [0.1, 0.15) is 0 Å². The molecule has 0 fully saturated rings. The zero-order valence-electron chi connectivity index (χ0n) is 8.42.